The van der Waals surface area contributed by atoms with Gasteiger partial charge in [0.15, 0.2) is 11.6 Å². The summed E-state index contributed by atoms with van der Waals surface area (Å²) in [4.78, 5) is 26.2. The zero-order chi connectivity index (χ0) is 18.5. The molecule has 1 heterocycles. The number of hydrogen-bond acceptors (Lipinski definition) is 6. The highest BCUT2D eigenvalue weighted by Gasteiger charge is 2.18. The number of H-pyrrole nitrogens is 1. The lowest BCUT2D eigenvalue weighted by molar-refractivity contribution is -0.384. The van der Waals surface area contributed by atoms with E-state index in [-0.39, 0.29) is 22.9 Å². The summed E-state index contributed by atoms with van der Waals surface area (Å²) in [6.45, 7) is 0. The molecule has 0 saturated heterocycles. The molecule has 130 valence electrons. The van der Waals surface area contributed by atoms with Gasteiger partial charge in [0.25, 0.3) is 11.6 Å². The van der Waals surface area contributed by atoms with E-state index in [0.717, 1.165) is 5.69 Å². The second-order valence-electron chi connectivity index (χ2n) is 5.26. The molecule has 3 rings (SSSR count). The predicted molar refractivity (Wildman–Crippen MR) is 97.2 cm³/mol. The minimum Gasteiger partial charge on any atom is -0.365 e. The van der Waals surface area contributed by atoms with E-state index < -0.39 is 10.8 Å². The fraction of sp³-hybridized carbons (Fsp3) is 0. The molecule has 0 fully saturated rings. The number of nitro groups is 1. The molecule has 0 radical (unpaired) electrons. The Balaban J connectivity index is 1.85. The van der Waals surface area contributed by atoms with Gasteiger partial charge in [0.05, 0.1) is 4.92 Å². The van der Waals surface area contributed by atoms with Crippen molar-refractivity contribution >= 4 is 35.1 Å². The summed E-state index contributed by atoms with van der Waals surface area (Å²) in [6.07, 6.45) is 1.45. The number of amides is 1. The van der Waals surface area contributed by atoms with Crippen molar-refractivity contribution in [1.29, 1.82) is 0 Å². The summed E-state index contributed by atoms with van der Waals surface area (Å²) in [5.41, 5.74) is 6.91. The second kappa shape index (κ2) is 7.26. The minimum atomic E-state index is -0.687. The van der Waals surface area contributed by atoms with Crippen LogP contribution in [0.3, 0.4) is 0 Å². The summed E-state index contributed by atoms with van der Waals surface area (Å²) in [5.74, 6) is -0.234. The number of primary amides is 1. The van der Waals surface area contributed by atoms with Crippen molar-refractivity contribution in [3.05, 3.63) is 75.8 Å². The van der Waals surface area contributed by atoms with Crippen LogP contribution in [0.5, 0.6) is 0 Å². The first kappa shape index (κ1) is 16.8. The third-order valence-corrected chi connectivity index (χ3v) is 3.48. The number of hydrogen-bond donors (Lipinski definition) is 3. The topological polar surface area (TPSA) is 139 Å². The summed E-state index contributed by atoms with van der Waals surface area (Å²) in [7, 11) is 0. The van der Waals surface area contributed by atoms with Crippen LogP contribution in [0.2, 0.25) is 0 Å². The molecule has 1 amide bonds. The van der Waals surface area contributed by atoms with Crippen LogP contribution in [0, 0.1) is 10.1 Å². The number of carbonyl (C=O) groups excluding carboxylic acids is 1. The van der Waals surface area contributed by atoms with Gasteiger partial charge in [0, 0.05) is 24.0 Å². The number of nitrogens with two attached hydrogens (primary N) is 1. The number of anilines is 2. The number of nitro benzene ring substituents is 1. The number of para-hydroxylation sites is 1. The van der Waals surface area contributed by atoms with Gasteiger partial charge >= 0.3 is 0 Å². The number of rotatable bonds is 6. The van der Waals surface area contributed by atoms with Crippen LogP contribution in [0.15, 0.2) is 59.6 Å². The number of benzene rings is 2. The molecule has 1 aromatic heterocycles. The van der Waals surface area contributed by atoms with Gasteiger partial charge in [-0.25, -0.2) is 4.99 Å². The lowest BCUT2D eigenvalue weighted by atomic mass is 10.2. The van der Waals surface area contributed by atoms with Crippen LogP contribution in [-0.4, -0.2) is 27.2 Å². The molecule has 0 saturated carbocycles. The second-order valence-corrected chi connectivity index (χ2v) is 5.26. The number of aliphatic imine (C=N–C) groups is 1. The first-order valence-electron chi connectivity index (χ1n) is 7.53. The monoisotopic (exact) mass is 350 g/mol. The van der Waals surface area contributed by atoms with Crippen LogP contribution in [-0.2, 0) is 0 Å². The van der Waals surface area contributed by atoms with Crippen molar-refractivity contribution in [2.75, 3.05) is 5.32 Å². The third-order valence-electron chi connectivity index (χ3n) is 3.48. The normalized spacial score (nSPS) is 10.8. The summed E-state index contributed by atoms with van der Waals surface area (Å²) < 4.78 is 0. The Morgan fingerprint density at radius 2 is 1.88 bits per heavy atom. The smallest absolute Gasteiger partial charge is 0.269 e. The zero-order valence-electron chi connectivity index (χ0n) is 13.4. The van der Waals surface area contributed by atoms with Gasteiger partial charge in [-0.05, 0) is 29.8 Å². The van der Waals surface area contributed by atoms with E-state index >= 15 is 0 Å². The largest absolute Gasteiger partial charge is 0.365 e. The van der Waals surface area contributed by atoms with Crippen LogP contribution in [0.1, 0.15) is 15.9 Å². The average molecular weight is 350 g/mol. The Labute approximate surface area is 147 Å². The maximum absolute atomic E-state index is 11.8. The standard InChI is InChI=1S/C17H14N6O3/c18-15(24)14-16(19-10-11-6-8-13(9-7-11)23(25)26)21-22-17(14)20-12-4-2-1-3-5-12/h1-10H,(H2,18,24)(H2,20,21,22)/b19-10+. The fourth-order valence-electron chi connectivity index (χ4n) is 2.23. The maximum Gasteiger partial charge on any atom is 0.269 e. The number of carbonyl (C=O) groups is 1. The Hall–Kier alpha value is -4.01. The maximum atomic E-state index is 11.8. The highest BCUT2D eigenvalue weighted by molar-refractivity contribution is 6.03. The van der Waals surface area contributed by atoms with Crippen molar-refractivity contribution in [3.63, 3.8) is 0 Å². The van der Waals surface area contributed by atoms with E-state index in [4.69, 9.17) is 5.73 Å². The highest BCUT2D eigenvalue weighted by Crippen LogP contribution is 2.26. The molecular formula is C17H14N6O3. The number of nitrogens with zero attached hydrogens (tertiary/aromatic N) is 3. The van der Waals surface area contributed by atoms with Crippen molar-refractivity contribution in [3.8, 4) is 0 Å². The van der Waals surface area contributed by atoms with Gasteiger partial charge in [-0.15, -0.1) is 0 Å². The lowest BCUT2D eigenvalue weighted by Crippen LogP contribution is -2.12. The molecule has 26 heavy (non-hydrogen) atoms. The molecule has 9 nitrogen and oxygen atoms in total. The minimum absolute atomic E-state index is 0.0177. The number of non-ortho nitro benzene ring substituents is 1. The van der Waals surface area contributed by atoms with E-state index in [2.05, 4.69) is 20.5 Å². The SMILES string of the molecule is NC(=O)c1c(Nc2ccccc2)n[nH]c1/N=C/c1ccc([N+](=O)[O-])cc1. The zero-order valence-corrected chi connectivity index (χ0v) is 13.4. The van der Waals surface area contributed by atoms with Gasteiger partial charge in [0.2, 0.25) is 0 Å². The molecule has 0 bridgehead atoms. The van der Waals surface area contributed by atoms with Gasteiger partial charge in [-0.3, -0.25) is 20.0 Å². The van der Waals surface area contributed by atoms with Crippen LogP contribution < -0.4 is 11.1 Å². The van der Waals surface area contributed by atoms with Crippen molar-refractivity contribution in [1.82, 2.24) is 10.2 Å². The molecule has 9 heteroatoms. The molecule has 0 aliphatic rings. The summed E-state index contributed by atoms with van der Waals surface area (Å²) in [5, 5.41) is 20.4. The molecule has 0 atom stereocenters. The van der Waals surface area contributed by atoms with Crippen molar-refractivity contribution in [2.45, 2.75) is 0 Å². The molecule has 3 aromatic rings. The third kappa shape index (κ3) is 3.73. The van der Waals surface area contributed by atoms with Gasteiger partial charge < -0.3 is 11.1 Å². The van der Waals surface area contributed by atoms with Gasteiger partial charge in [-0.2, -0.15) is 5.10 Å². The summed E-state index contributed by atoms with van der Waals surface area (Å²) in [6, 6.07) is 15.0. The molecular weight excluding hydrogens is 336 g/mol. The first-order valence-corrected chi connectivity index (χ1v) is 7.53. The van der Waals surface area contributed by atoms with Gasteiger partial charge in [-0.1, -0.05) is 18.2 Å². The van der Waals surface area contributed by atoms with E-state index in [1.54, 1.807) is 12.1 Å². The van der Waals surface area contributed by atoms with Crippen molar-refractivity contribution in [2.24, 2.45) is 10.7 Å². The quantitative estimate of drug-likeness (QED) is 0.356. The van der Waals surface area contributed by atoms with Crippen LogP contribution in [0.4, 0.5) is 23.0 Å². The molecule has 0 unspecified atom stereocenters. The number of nitrogens with one attached hydrogen (secondary N) is 2. The molecule has 0 aliphatic carbocycles. The van der Waals surface area contributed by atoms with Crippen LogP contribution >= 0.6 is 0 Å². The molecule has 0 aliphatic heterocycles. The molecule has 4 N–H and O–H groups in total. The first-order chi connectivity index (χ1) is 12.5. The van der Waals surface area contributed by atoms with E-state index in [1.165, 1.54) is 18.3 Å². The lowest BCUT2D eigenvalue weighted by Gasteiger charge is -2.03. The number of aromatic amines is 1. The Morgan fingerprint density at radius 3 is 2.50 bits per heavy atom. The Bertz CT molecular complexity index is 964. The predicted octanol–water partition coefficient (Wildman–Crippen LogP) is 2.91. The fourth-order valence-corrected chi connectivity index (χ4v) is 2.23. The summed E-state index contributed by atoms with van der Waals surface area (Å²) >= 11 is 0. The number of aromatic nitrogens is 2. The van der Waals surface area contributed by atoms with Gasteiger partial charge in [0.1, 0.15) is 5.56 Å². The molecule has 2 aromatic carbocycles. The molecule has 0 spiro atoms. The average Bonchev–Trinajstić information content (AvgIpc) is 3.04. The Morgan fingerprint density at radius 1 is 1.19 bits per heavy atom. The van der Waals surface area contributed by atoms with Crippen LogP contribution in [0.25, 0.3) is 0 Å². The van der Waals surface area contributed by atoms with E-state index in [1.807, 2.05) is 30.3 Å². The highest BCUT2D eigenvalue weighted by atomic mass is 16.6. The van der Waals surface area contributed by atoms with E-state index in [9.17, 15) is 14.9 Å². The van der Waals surface area contributed by atoms with Crippen molar-refractivity contribution < 1.29 is 9.72 Å². The Kier molecular flexibility index (Phi) is 4.70. The van der Waals surface area contributed by atoms with E-state index in [0.29, 0.717) is 5.56 Å².